The van der Waals surface area contributed by atoms with E-state index in [1.54, 1.807) is 42.7 Å². The molecule has 0 heterocycles. The van der Waals surface area contributed by atoms with Crippen LogP contribution in [0.5, 0.6) is 34.5 Å². The maximum absolute atomic E-state index is 5.78. The molecular formula is C25H28O6. The van der Waals surface area contributed by atoms with Crippen LogP contribution in [-0.4, -0.2) is 42.7 Å². The SMILES string of the molecule is COc1cccc(C(c2cccc(OC)c2OC)c2cccc(OC)c2OC)c1OC. The number of ether oxygens (including phenoxy) is 6. The molecule has 0 aromatic heterocycles. The molecule has 0 amide bonds. The first kappa shape index (κ1) is 22.2. The second-order valence-corrected chi connectivity index (χ2v) is 6.68. The van der Waals surface area contributed by atoms with E-state index in [2.05, 4.69) is 0 Å². The molecule has 0 aliphatic rings. The third-order valence-electron chi connectivity index (χ3n) is 5.23. The summed E-state index contributed by atoms with van der Waals surface area (Å²) in [6, 6.07) is 17.4. The summed E-state index contributed by atoms with van der Waals surface area (Å²) in [4.78, 5) is 0. The topological polar surface area (TPSA) is 55.4 Å². The van der Waals surface area contributed by atoms with Gasteiger partial charge in [-0.3, -0.25) is 0 Å². The minimum Gasteiger partial charge on any atom is -0.493 e. The first-order chi connectivity index (χ1) is 15.1. The van der Waals surface area contributed by atoms with Crippen LogP contribution >= 0.6 is 0 Å². The summed E-state index contributed by atoms with van der Waals surface area (Å²) in [6.45, 7) is 0. The molecule has 0 unspecified atom stereocenters. The van der Waals surface area contributed by atoms with Gasteiger partial charge in [-0.05, 0) is 18.2 Å². The fourth-order valence-electron chi connectivity index (χ4n) is 3.92. The van der Waals surface area contributed by atoms with Crippen molar-refractivity contribution in [1.29, 1.82) is 0 Å². The normalized spacial score (nSPS) is 10.5. The zero-order valence-electron chi connectivity index (χ0n) is 18.7. The second kappa shape index (κ2) is 9.98. The molecule has 6 heteroatoms. The van der Waals surface area contributed by atoms with E-state index in [0.717, 1.165) is 16.7 Å². The molecule has 0 aliphatic heterocycles. The van der Waals surface area contributed by atoms with Crippen LogP contribution < -0.4 is 28.4 Å². The lowest BCUT2D eigenvalue weighted by molar-refractivity contribution is 0.342. The molecule has 0 bridgehead atoms. The van der Waals surface area contributed by atoms with Gasteiger partial charge in [0.1, 0.15) is 0 Å². The molecule has 0 N–H and O–H groups in total. The Morgan fingerprint density at radius 2 is 0.710 bits per heavy atom. The lowest BCUT2D eigenvalue weighted by atomic mass is 9.83. The van der Waals surface area contributed by atoms with Crippen LogP contribution in [-0.2, 0) is 0 Å². The largest absolute Gasteiger partial charge is 0.493 e. The van der Waals surface area contributed by atoms with Crippen molar-refractivity contribution >= 4 is 0 Å². The maximum Gasteiger partial charge on any atom is 0.164 e. The van der Waals surface area contributed by atoms with E-state index in [1.807, 2.05) is 54.6 Å². The van der Waals surface area contributed by atoms with E-state index < -0.39 is 0 Å². The molecule has 6 nitrogen and oxygen atoms in total. The minimum atomic E-state index is -0.319. The number of methoxy groups -OCH3 is 6. The lowest BCUT2D eigenvalue weighted by Gasteiger charge is -2.26. The summed E-state index contributed by atoms with van der Waals surface area (Å²) in [5, 5.41) is 0. The summed E-state index contributed by atoms with van der Waals surface area (Å²) in [6.07, 6.45) is 0. The van der Waals surface area contributed by atoms with Crippen LogP contribution in [0, 0.1) is 0 Å². The maximum atomic E-state index is 5.78. The molecule has 0 spiro atoms. The molecule has 0 saturated carbocycles. The molecule has 0 radical (unpaired) electrons. The van der Waals surface area contributed by atoms with Gasteiger partial charge in [-0.25, -0.2) is 0 Å². The molecule has 31 heavy (non-hydrogen) atoms. The van der Waals surface area contributed by atoms with E-state index >= 15 is 0 Å². The van der Waals surface area contributed by atoms with Gasteiger partial charge in [-0.1, -0.05) is 36.4 Å². The Kier molecular flexibility index (Phi) is 7.13. The summed E-state index contributed by atoms with van der Waals surface area (Å²) in [5.74, 6) is 3.47. The monoisotopic (exact) mass is 424 g/mol. The number of para-hydroxylation sites is 3. The van der Waals surface area contributed by atoms with Crippen molar-refractivity contribution in [2.45, 2.75) is 5.92 Å². The van der Waals surface area contributed by atoms with E-state index in [9.17, 15) is 0 Å². The Bertz CT molecular complexity index is 899. The highest BCUT2D eigenvalue weighted by Crippen LogP contribution is 2.49. The number of rotatable bonds is 9. The third-order valence-corrected chi connectivity index (χ3v) is 5.23. The Morgan fingerprint density at radius 3 is 0.935 bits per heavy atom. The van der Waals surface area contributed by atoms with Gasteiger partial charge in [0.2, 0.25) is 0 Å². The van der Waals surface area contributed by atoms with E-state index in [-0.39, 0.29) is 5.92 Å². The molecule has 0 aliphatic carbocycles. The first-order valence-corrected chi connectivity index (χ1v) is 9.77. The van der Waals surface area contributed by atoms with Crippen molar-refractivity contribution in [3.05, 3.63) is 71.3 Å². The molecule has 0 fully saturated rings. The average Bonchev–Trinajstić information content (AvgIpc) is 2.83. The molecule has 0 saturated heterocycles. The molecule has 0 atom stereocenters. The highest BCUT2D eigenvalue weighted by Gasteiger charge is 2.30. The van der Waals surface area contributed by atoms with Crippen molar-refractivity contribution in [3.8, 4) is 34.5 Å². The Morgan fingerprint density at radius 1 is 0.419 bits per heavy atom. The quantitative estimate of drug-likeness (QED) is 0.455. The predicted octanol–water partition coefficient (Wildman–Crippen LogP) is 4.92. The zero-order valence-corrected chi connectivity index (χ0v) is 18.7. The Balaban J connectivity index is 2.41. The molecule has 3 aromatic rings. The van der Waals surface area contributed by atoms with E-state index in [0.29, 0.717) is 34.5 Å². The molecule has 3 rings (SSSR count). The summed E-state index contributed by atoms with van der Waals surface area (Å²) < 4.78 is 34.0. The smallest absolute Gasteiger partial charge is 0.164 e. The van der Waals surface area contributed by atoms with Gasteiger partial charge < -0.3 is 28.4 Å². The van der Waals surface area contributed by atoms with Crippen LogP contribution in [0.3, 0.4) is 0 Å². The highest BCUT2D eigenvalue weighted by molar-refractivity contribution is 5.63. The van der Waals surface area contributed by atoms with Crippen LogP contribution in [0.1, 0.15) is 22.6 Å². The molecule has 3 aromatic carbocycles. The fourth-order valence-corrected chi connectivity index (χ4v) is 3.92. The van der Waals surface area contributed by atoms with Gasteiger partial charge in [0.25, 0.3) is 0 Å². The third kappa shape index (κ3) is 4.06. The van der Waals surface area contributed by atoms with Crippen molar-refractivity contribution < 1.29 is 28.4 Å². The van der Waals surface area contributed by atoms with Crippen LogP contribution in [0.25, 0.3) is 0 Å². The molecule has 164 valence electrons. The van der Waals surface area contributed by atoms with Crippen molar-refractivity contribution in [1.82, 2.24) is 0 Å². The summed E-state index contributed by atoms with van der Waals surface area (Å²) >= 11 is 0. The first-order valence-electron chi connectivity index (χ1n) is 9.77. The van der Waals surface area contributed by atoms with Crippen LogP contribution in [0.15, 0.2) is 54.6 Å². The highest BCUT2D eigenvalue weighted by atomic mass is 16.5. The second-order valence-electron chi connectivity index (χ2n) is 6.68. The summed E-state index contributed by atoms with van der Waals surface area (Å²) in [7, 11) is 9.75. The standard InChI is InChI=1S/C25H28O6/c1-26-19-13-7-10-16(23(19)29-4)22(17-11-8-14-20(27-2)24(17)30-5)18-12-9-15-21(28-3)25(18)31-6/h7-15,22H,1-6H3. The van der Waals surface area contributed by atoms with Crippen LogP contribution in [0.2, 0.25) is 0 Å². The summed E-state index contributed by atoms with van der Waals surface area (Å²) in [5.41, 5.74) is 2.67. The number of hydrogen-bond donors (Lipinski definition) is 0. The van der Waals surface area contributed by atoms with Crippen LogP contribution in [0.4, 0.5) is 0 Å². The number of hydrogen-bond acceptors (Lipinski definition) is 6. The van der Waals surface area contributed by atoms with E-state index in [1.165, 1.54) is 0 Å². The van der Waals surface area contributed by atoms with E-state index in [4.69, 9.17) is 28.4 Å². The van der Waals surface area contributed by atoms with Crippen molar-refractivity contribution in [2.24, 2.45) is 0 Å². The Labute approximate surface area is 183 Å². The average molecular weight is 424 g/mol. The van der Waals surface area contributed by atoms with Gasteiger partial charge in [0, 0.05) is 22.6 Å². The predicted molar refractivity (Wildman–Crippen MR) is 120 cm³/mol. The van der Waals surface area contributed by atoms with Crippen molar-refractivity contribution in [3.63, 3.8) is 0 Å². The fraction of sp³-hybridized carbons (Fsp3) is 0.280. The minimum absolute atomic E-state index is 0.319. The van der Waals surface area contributed by atoms with Gasteiger partial charge >= 0.3 is 0 Å². The number of benzene rings is 3. The van der Waals surface area contributed by atoms with Gasteiger partial charge in [-0.2, -0.15) is 0 Å². The zero-order chi connectivity index (χ0) is 22.4. The van der Waals surface area contributed by atoms with Crippen molar-refractivity contribution in [2.75, 3.05) is 42.7 Å². The lowest BCUT2D eigenvalue weighted by Crippen LogP contribution is -2.10. The van der Waals surface area contributed by atoms with Gasteiger partial charge in [0.05, 0.1) is 42.7 Å². The van der Waals surface area contributed by atoms with Gasteiger partial charge in [0.15, 0.2) is 34.5 Å². The molecular weight excluding hydrogens is 396 g/mol. The van der Waals surface area contributed by atoms with Gasteiger partial charge in [-0.15, -0.1) is 0 Å². The Hall–Kier alpha value is -3.54.